The van der Waals surface area contributed by atoms with Crippen LogP contribution in [0.2, 0.25) is 0 Å². The van der Waals surface area contributed by atoms with Crippen molar-refractivity contribution >= 4 is 0 Å². The minimum atomic E-state index is 0.331. The molecule has 1 N–H and O–H groups in total. The van der Waals surface area contributed by atoms with Crippen molar-refractivity contribution in [2.75, 3.05) is 6.61 Å². The molecular formula is C20H34O. The molecule has 2 aliphatic rings. The average Bonchev–Trinajstić information content (AvgIpc) is 3.39. The second kappa shape index (κ2) is 9.52. The number of unbranched alkanes of at least 4 members (excludes halogenated alkanes) is 5. The van der Waals surface area contributed by atoms with E-state index < -0.39 is 0 Å². The van der Waals surface area contributed by atoms with Gasteiger partial charge in [-0.1, -0.05) is 39.0 Å². The van der Waals surface area contributed by atoms with Crippen LogP contribution in [0.25, 0.3) is 0 Å². The number of aliphatic hydroxyl groups excluding tert-OH is 1. The summed E-state index contributed by atoms with van der Waals surface area (Å²) in [5.41, 5.74) is 0. The van der Waals surface area contributed by atoms with Gasteiger partial charge in [-0.3, -0.25) is 0 Å². The molecule has 1 nitrogen and oxygen atoms in total. The highest BCUT2D eigenvalue weighted by atomic mass is 16.2. The Labute approximate surface area is 131 Å². The van der Waals surface area contributed by atoms with Crippen LogP contribution in [0.5, 0.6) is 0 Å². The number of rotatable bonds is 11. The molecule has 2 saturated carbocycles. The third-order valence-corrected chi connectivity index (χ3v) is 5.37. The van der Waals surface area contributed by atoms with Gasteiger partial charge in [-0.05, 0) is 55.8 Å². The van der Waals surface area contributed by atoms with Crippen molar-refractivity contribution in [2.45, 2.75) is 84.0 Å². The molecule has 0 aromatic carbocycles. The van der Waals surface area contributed by atoms with Gasteiger partial charge in [0.2, 0.25) is 0 Å². The van der Waals surface area contributed by atoms with Crippen molar-refractivity contribution in [2.24, 2.45) is 23.7 Å². The van der Waals surface area contributed by atoms with E-state index in [9.17, 15) is 0 Å². The van der Waals surface area contributed by atoms with Gasteiger partial charge in [0.15, 0.2) is 0 Å². The normalized spacial score (nSPS) is 29.8. The molecule has 2 rings (SSSR count). The lowest BCUT2D eigenvalue weighted by molar-refractivity contribution is 0.283. The molecule has 1 heteroatoms. The van der Waals surface area contributed by atoms with Crippen LogP contribution in [0.3, 0.4) is 0 Å². The standard InChI is InChI=1S/C20H34O/c1-2-3-8-11-17-14-19(17)16-20-15-18(20)12-9-6-4-5-7-10-13-21/h17-21H,2-5,7-8,10-16H2,1H3/t17-,18-,19-,20-/m0/s1. The molecule has 2 aliphatic carbocycles. The number of hydrogen-bond donors (Lipinski definition) is 1. The fourth-order valence-electron chi connectivity index (χ4n) is 3.64. The molecule has 0 amide bonds. The van der Waals surface area contributed by atoms with Gasteiger partial charge in [-0.2, -0.15) is 0 Å². The zero-order valence-electron chi connectivity index (χ0n) is 13.9. The minimum absolute atomic E-state index is 0.331. The summed E-state index contributed by atoms with van der Waals surface area (Å²) in [4.78, 5) is 0. The molecule has 0 unspecified atom stereocenters. The maximum Gasteiger partial charge on any atom is 0.0431 e. The smallest absolute Gasteiger partial charge is 0.0431 e. The van der Waals surface area contributed by atoms with E-state index in [4.69, 9.17) is 5.11 Å². The predicted molar refractivity (Wildman–Crippen MR) is 89.9 cm³/mol. The third kappa shape index (κ3) is 6.88. The van der Waals surface area contributed by atoms with Crippen LogP contribution in [0.1, 0.15) is 84.0 Å². The van der Waals surface area contributed by atoms with Crippen molar-refractivity contribution in [3.8, 4) is 11.8 Å². The Morgan fingerprint density at radius 1 is 0.857 bits per heavy atom. The van der Waals surface area contributed by atoms with E-state index in [-0.39, 0.29) is 0 Å². The summed E-state index contributed by atoms with van der Waals surface area (Å²) in [6.45, 7) is 2.63. The lowest BCUT2D eigenvalue weighted by Crippen LogP contribution is -1.88. The van der Waals surface area contributed by atoms with Crippen molar-refractivity contribution in [1.29, 1.82) is 0 Å². The highest BCUT2D eigenvalue weighted by molar-refractivity contribution is 5.05. The first-order valence-corrected chi connectivity index (χ1v) is 9.41. The van der Waals surface area contributed by atoms with Gasteiger partial charge in [0.25, 0.3) is 0 Å². The fraction of sp³-hybridized carbons (Fsp3) is 0.900. The van der Waals surface area contributed by atoms with Crippen molar-refractivity contribution in [1.82, 2.24) is 0 Å². The lowest BCUT2D eigenvalue weighted by atomic mass is 10.1. The molecule has 0 aromatic heterocycles. The molecule has 0 heterocycles. The van der Waals surface area contributed by atoms with Gasteiger partial charge < -0.3 is 5.11 Å². The van der Waals surface area contributed by atoms with Gasteiger partial charge >= 0.3 is 0 Å². The van der Waals surface area contributed by atoms with Crippen molar-refractivity contribution in [3.05, 3.63) is 0 Å². The topological polar surface area (TPSA) is 20.2 Å². The monoisotopic (exact) mass is 290 g/mol. The molecule has 120 valence electrons. The van der Waals surface area contributed by atoms with E-state index in [1.54, 1.807) is 0 Å². The van der Waals surface area contributed by atoms with E-state index in [1.165, 1.54) is 44.9 Å². The summed E-state index contributed by atoms with van der Waals surface area (Å²) in [5.74, 6) is 10.8. The van der Waals surface area contributed by atoms with E-state index in [0.717, 1.165) is 55.8 Å². The van der Waals surface area contributed by atoms with Gasteiger partial charge in [0.05, 0.1) is 0 Å². The first kappa shape index (κ1) is 16.9. The van der Waals surface area contributed by atoms with Crippen molar-refractivity contribution in [3.63, 3.8) is 0 Å². The van der Waals surface area contributed by atoms with Crippen LogP contribution in [-0.2, 0) is 0 Å². The van der Waals surface area contributed by atoms with Crippen LogP contribution in [0.15, 0.2) is 0 Å². The van der Waals surface area contributed by atoms with Gasteiger partial charge in [-0.25, -0.2) is 0 Å². The summed E-state index contributed by atoms with van der Waals surface area (Å²) in [6, 6.07) is 0. The summed E-state index contributed by atoms with van der Waals surface area (Å²) in [7, 11) is 0. The second-order valence-corrected chi connectivity index (χ2v) is 7.34. The van der Waals surface area contributed by atoms with Crippen molar-refractivity contribution < 1.29 is 5.11 Å². The first-order chi connectivity index (χ1) is 10.3. The van der Waals surface area contributed by atoms with Crippen LogP contribution < -0.4 is 0 Å². The van der Waals surface area contributed by atoms with Gasteiger partial charge in [-0.15, -0.1) is 11.8 Å². The van der Waals surface area contributed by atoms with E-state index in [2.05, 4.69) is 18.8 Å². The SMILES string of the molecule is CCCCC[C@H]1C[C@H]1C[C@@H]1C[C@@H]1CC#CCCCCCO. The second-order valence-electron chi connectivity index (χ2n) is 7.34. The highest BCUT2D eigenvalue weighted by Gasteiger charge is 2.44. The molecule has 21 heavy (non-hydrogen) atoms. The van der Waals surface area contributed by atoms with Gasteiger partial charge in [0, 0.05) is 19.4 Å². The summed E-state index contributed by atoms with van der Waals surface area (Å²) >= 11 is 0. The van der Waals surface area contributed by atoms with Crippen LogP contribution in [-0.4, -0.2) is 11.7 Å². The maximum absolute atomic E-state index is 8.70. The highest BCUT2D eigenvalue weighted by Crippen LogP contribution is 2.54. The molecule has 4 atom stereocenters. The Balaban J connectivity index is 1.43. The first-order valence-electron chi connectivity index (χ1n) is 9.41. The van der Waals surface area contributed by atoms with E-state index in [1.807, 2.05) is 0 Å². The van der Waals surface area contributed by atoms with Crippen LogP contribution in [0.4, 0.5) is 0 Å². The fourth-order valence-corrected chi connectivity index (χ4v) is 3.64. The Morgan fingerprint density at radius 3 is 2.48 bits per heavy atom. The summed E-state index contributed by atoms with van der Waals surface area (Å²) in [5, 5.41) is 8.70. The van der Waals surface area contributed by atoms with E-state index >= 15 is 0 Å². The summed E-state index contributed by atoms with van der Waals surface area (Å²) in [6.07, 6.45) is 15.7. The Morgan fingerprint density at radius 2 is 1.67 bits per heavy atom. The van der Waals surface area contributed by atoms with Crippen LogP contribution >= 0.6 is 0 Å². The molecular weight excluding hydrogens is 256 g/mol. The van der Waals surface area contributed by atoms with Crippen LogP contribution in [0, 0.1) is 35.5 Å². The Bertz CT molecular complexity index is 337. The molecule has 0 saturated heterocycles. The maximum atomic E-state index is 8.70. The zero-order chi connectivity index (χ0) is 14.9. The van der Waals surface area contributed by atoms with Gasteiger partial charge in [0.1, 0.15) is 0 Å². The third-order valence-electron chi connectivity index (χ3n) is 5.37. The molecule has 0 aliphatic heterocycles. The Hall–Kier alpha value is -0.480. The quantitative estimate of drug-likeness (QED) is 0.411. The average molecular weight is 290 g/mol. The molecule has 2 fully saturated rings. The number of hydrogen-bond acceptors (Lipinski definition) is 1. The number of aliphatic hydroxyl groups is 1. The minimum Gasteiger partial charge on any atom is -0.396 e. The predicted octanol–water partition coefficient (Wildman–Crippen LogP) is 5.18. The molecule has 0 spiro atoms. The molecule has 0 radical (unpaired) electrons. The summed E-state index contributed by atoms with van der Waals surface area (Å²) < 4.78 is 0. The van der Waals surface area contributed by atoms with E-state index in [0.29, 0.717) is 6.61 Å². The molecule has 0 aromatic rings. The Kier molecular flexibility index (Phi) is 7.65. The zero-order valence-corrected chi connectivity index (χ0v) is 13.9. The lowest BCUT2D eigenvalue weighted by Gasteiger charge is -1.99. The largest absolute Gasteiger partial charge is 0.396 e. The molecule has 0 bridgehead atoms.